The Bertz CT molecular complexity index is 2540. The molecule has 0 aliphatic rings. The van der Waals surface area contributed by atoms with Crippen LogP contribution in [0.1, 0.15) is 33.4 Å². The summed E-state index contributed by atoms with van der Waals surface area (Å²) in [5, 5.41) is 2.95. The van der Waals surface area contributed by atoms with Gasteiger partial charge in [0.15, 0.2) is 15.2 Å². The molecule has 1 unspecified atom stereocenters. The van der Waals surface area contributed by atoms with E-state index in [1.165, 1.54) is 5.56 Å². The molecular weight excluding hydrogens is 887 g/mol. The van der Waals surface area contributed by atoms with Gasteiger partial charge in [0.05, 0.1) is 22.3 Å². The molecule has 1 atom stereocenters. The van der Waals surface area contributed by atoms with Crippen LogP contribution >= 0.6 is 0 Å². The summed E-state index contributed by atoms with van der Waals surface area (Å²) in [7, 11) is -2.22. The minimum Gasteiger partial charge on any atom is -0.195 e. The lowest BCUT2D eigenvalue weighted by Crippen LogP contribution is -2.74. The molecule has 0 amide bonds. The Morgan fingerprint density at radius 3 is 1.00 bits per heavy atom. The molecule has 7 rings (SSSR count). The Balaban J connectivity index is 0.000000247. The third kappa shape index (κ3) is 11.8. The number of hydrogen-bond acceptors (Lipinski definition) is 1. The molecule has 7 aromatic rings. The minimum absolute atomic E-state index is 0.0114. The molecule has 0 bridgehead atoms. The van der Waals surface area contributed by atoms with E-state index in [1.54, 1.807) is 6.26 Å². The standard InChI is InChI=1S/C28H16BF12.C22H19OS/c30-25(31,32)17-1-9-21(10-2-17)29(22-11-3-18(4-12-22)26(33,34)35,23-13-5-19(6-14-23)27(36,37)38)24-15-7-20(8-16-24)28(39,40)41;1-24(23,17-16-19-8-4-2-5-9-19)18-20-12-14-22(15-13-20)21-10-6-3-7-11-21/h1-16H;2-15H,18H2,1H3/q-1;+1. The summed E-state index contributed by atoms with van der Waals surface area (Å²) in [4.78, 5) is 0. The van der Waals surface area contributed by atoms with Crippen LogP contribution in [0, 0.1) is 11.2 Å². The highest BCUT2D eigenvalue weighted by Gasteiger charge is 2.38. The van der Waals surface area contributed by atoms with Crippen molar-refractivity contribution in [1.82, 2.24) is 0 Å². The second-order valence-electron chi connectivity index (χ2n) is 15.2. The van der Waals surface area contributed by atoms with E-state index in [2.05, 4.69) is 35.4 Å². The van der Waals surface area contributed by atoms with E-state index < -0.39 is 63.0 Å². The first-order valence-corrected chi connectivity index (χ1v) is 21.7. The summed E-state index contributed by atoms with van der Waals surface area (Å²) < 4.78 is 173. The van der Waals surface area contributed by atoms with Crippen molar-refractivity contribution in [2.45, 2.75) is 30.5 Å². The molecule has 0 saturated heterocycles. The van der Waals surface area contributed by atoms with Gasteiger partial charge < -0.3 is 0 Å². The molecule has 1 nitrogen and oxygen atoms in total. The molecule has 15 heteroatoms. The zero-order chi connectivity index (χ0) is 47.3. The van der Waals surface area contributed by atoms with Crippen LogP contribution < -0.4 is 21.9 Å². The van der Waals surface area contributed by atoms with Gasteiger partial charge in [-0.2, -0.15) is 74.5 Å². The van der Waals surface area contributed by atoms with Gasteiger partial charge in [0.2, 0.25) is 0 Å². The molecule has 0 radical (unpaired) electrons. The number of alkyl halides is 12. The van der Waals surface area contributed by atoms with Crippen molar-refractivity contribution in [3.05, 3.63) is 215 Å². The Morgan fingerprint density at radius 1 is 0.400 bits per heavy atom. The van der Waals surface area contributed by atoms with Gasteiger partial charge in [0.25, 0.3) is 0 Å². The van der Waals surface area contributed by atoms with Crippen molar-refractivity contribution < 1.29 is 56.9 Å². The van der Waals surface area contributed by atoms with Crippen molar-refractivity contribution in [3.63, 3.8) is 0 Å². The molecule has 0 N–H and O–H groups in total. The molecule has 0 aromatic heterocycles. The van der Waals surface area contributed by atoms with E-state index >= 15 is 0 Å². The molecule has 0 aliphatic heterocycles. The largest absolute Gasteiger partial charge is 0.416 e. The summed E-state index contributed by atoms with van der Waals surface area (Å²) in [5.74, 6) is 3.49. The maximum atomic E-state index is 13.3. The van der Waals surface area contributed by atoms with Crippen molar-refractivity contribution in [1.29, 1.82) is 0 Å². The number of rotatable bonds is 7. The Morgan fingerprint density at radius 2 is 0.692 bits per heavy atom. The van der Waals surface area contributed by atoms with Crippen LogP contribution in [-0.4, -0.2) is 12.4 Å². The van der Waals surface area contributed by atoms with Crippen LogP contribution in [-0.2, 0) is 44.6 Å². The maximum absolute atomic E-state index is 13.3. The molecule has 7 aromatic carbocycles. The van der Waals surface area contributed by atoms with Crippen LogP contribution in [0.5, 0.6) is 0 Å². The zero-order valence-corrected chi connectivity index (χ0v) is 34.8. The summed E-state index contributed by atoms with van der Waals surface area (Å²) in [6.07, 6.45) is -20.3. The molecule has 0 saturated carbocycles. The maximum Gasteiger partial charge on any atom is 0.416 e. The SMILES string of the molecule is C[S+](=O)(C#Cc1ccccc1)Cc1ccc(-c2ccccc2)cc1.FC(F)(F)c1ccc([B-](c2ccc(C(F)(F)F)cc2)(c2ccc(C(F)(F)F)cc2)c2ccc(C(F)(F)F)cc2)cc1. The van der Waals surface area contributed by atoms with Crippen molar-refractivity contribution >= 4 is 37.9 Å². The highest BCUT2D eigenvalue weighted by molar-refractivity contribution is 8.05. The predicted octanol–water partition coefficient (Wildman–Crippen LogP) is 12.1. The first kappa shape index (κ1) is 47.9. The van der Waals surface area contributed by atoms with Gasteiger partial charge in [-0.1, -0.05) is 174 Å². The van der Waals surface area contributed by atoms with Gasteiger partial charge in [-0.15, -0.1) is 0 Å². The van der Waals surface area contributed by atoms with Gasteiger partial charge in [-0.3, -0.25) is 0 Å². The topological polar surface area (TPSA) is 17.1 Å². The first-order chi connectivity index (χ1) is 30.5. The minimum atomic E-state index is -4.77. The molecular formula is C50H35BF12OS. The van der Waals surface area contributed by atoms with Gasteiger partial charge >= 0.3 is 24.7 Å². The summed E-state index contributed by atoms with van der Waals surface area (Å²) in [6, 6.07) is 41.7. The number of halogens is 12. The Kier molecular flexibility index (Phi) is 13.9. The molecule has 65 heavy (non-hydrogen) atoms. The Hall–Kier alpha value is -6.53. The van der Waals surface area contributed by atoms with E-state index in [1.807, 2.05) is 60.7 Å². The number of benzene rings is 7. The average Bonchev–Trinajstić information content (AvgIpc) is 3.27. The van der Waals surface area contributed by atoms with Gasteiger partial charge in [-0.25, -0.2) is 0 Å². The highest BCUT2D eigenvalue weighted by Crippen LogP contribution is 2.33. The monoisotopic (exact) mass is 922 g/mol. The zero-order valence-electron chi connectivity index (χ0n) is 34.0. The second-order valence-corrected chi connectivity index (χ2v) is 17.7. The van der Waals surface area contributed by atoms with Gasteiger partial charge in [0, 0.05) is 11.1 Å². The second kappa shape index (κ2) is 18.9. The van der Waals surface area contributed by atoms with Gasteiger partial charge in [0.1, 0.15) is 18.2 Å². The van der Waals surface area contributed by atoms with E-state index in [0.717, 1.165) is 65.2 Å². The molecule has 0 aliphatic carbocycles. The highest BCUT2D eigenvalue weighted by atomic mass is 32.2. The van der Waals surface area contributed by atoms with Crippen molar-refractivity contribution in [2.75, 3.05) is 6.26 Å². The smallest absolute Gasteiger partial charge is 0.195 e. The lowest BCUT2D eigenvalue weighted by molar-refractivity contribution is -0.138. The Labute approximate surface area is 368 Å². The van der Waals surface area contributed by atoms with Gasteiger partial charge in [-0.05, 0) is 29.2 Å². The molecule has 0 spiro atoms. The van der Waals surface area contributed by atoms with Crippen molar-refractivity contribution in [3.8, 4) is 22.3 Å². The lowest BCUT2D eigenvalue weighted by Gasteiger charge is -2.44. The van der Waals surface area contributed by atoms with E-state index in [-0.39, 0.29) is 21.9 Å². The molecule has 0 heterocycles. The average molecular weight is 923 g/mol. The van der Waals surface area contributed by atoms with Crippen LogP contribution in [0.15, 0.2) is 182 Å². The fourth-order valence-corrected chi connectivity index (χ4v) is 8.70. The third-order valence-corrected chi connectivity index (χ3v) is 12.1. The van der Waals surface area contributed by atoms with E-state index in [4.69, 9.17) is 0 Å². The fourth-order valence-electron chi connectivity index (χ4n) is 7.46. The van der Waals surface area contributed by atoms with Crippen LogP contribution in [0.2, 0.25) is 0 Å². The molecule has 0 fully saturated rings. The summed E-state index contributed by atoms with van der Waals surface area (Å²) in [5.41, 5.74) is -0.00421. The van der Waals surface area contributed by atoms with Crippen LogP contribution in [0.3, 0.4) is 0 Å². The van der Waals surface area contributed by atoms with Crippen molar-refractivity contribution in [2.24, 2.45) is 0 Å². The lowest BCUT2D eigenvalue weighted by atomic mass is 9.13. The fraction of sp³-hybridized carbons (Fsp3) is 0.120. The third-order valence-electron chi connectivity index (χ3n) is 10.6. The normalized spacial score (nSPS) is 13.1. The summed E-state index contributed by atoms with van der Waals surface area (Å²) in [6.45, 7) is 0. The van der Waals surface area contributed by atoms with Crippen LogP contribution in [0.25, 0.3) is 11.1 Å². The summed E-state index contributed by atoms with van der Waals surface area (Å²) >= 11 is 0. The quantitative estimate of drug-likeness (QED) is 0.0674. The first-order valence-electron chi connectivity index (χ1n) is 19.5. The number of hydrogen-bond donors (Lipinski definition) is 0. The van der Waals surface area contributed by atoms with E-state index in [9.17, 15) is 56.9 Å². The predicted molar refractivity (Wildman–Crippen MR) is 233 cm³/mol. The van der Waals surface area contributed by atoms with Crippen LogP contribution in [0.4, 0.5) is 52.7 Å². The molecule has 334 valence electrons. The van der Waals surface area contributed by atoms with E-state index in [0.29, 0.717) is 54.3 Å².